The molecule has 0 unspecified atom stereocenters. The van der Waals surface area contributed by atoms with Crippen LogP contribution in [0.4, 0.5) is 0 Å². The summed E-state index contributed by atoms with van der Waals surface area (Å²) in [6.07, 6.45) is 0. The van der Waals surface area contributed by atoms with Crippen LogP contribution in [0.25, 0.3) is 81.5 Å². The van der Waals surface area contributed by atoms with Crippen molar-refractivity contribution in [1.82, 2.24) is 19.9 Å². The molecule has 13 aromatic rings. The molecule has 0 saturated carbocycles. The Morgan fingerprint density at radius 1 is 0.343 bits per heavy atom. The van der Waals surface area contributed by atoms with Gasteiger partial charge in [0.2, 0.25) is 0 Å². The number of aryl methyl sites for hydroxylation is 4. The van der Waals surface area contributed by atoms with Crippen molar-refractivity contribution in [3.8, 4) is 42.0 Å². The molecular weight excluding hydrogens is 969 g/mol. The SMILES string of the molecule is Cc1ccc(C2(c3ccc(C)cc3)c3cc4c(cc3-c3cc5cc(-c6nc7scnc7s6)sc5cc32)C(c2ccc(C)cc2)(c2ccc(C)cc2)c2cc3sc(-c5nc6scnc6s5)cc3cc2-4)cc1. The minimum absolute atomic E-state index is 0.613. The number of nitrogens with zero attached hydrogens (tertiary/aromatic N) is 4. The third-order valence-corrected chi connectivity index (χ3v) is 21.0. The summed E-state index contributed by atoms with van der Waals surface area (Å²) in [6, 6.07) is 57.4. The molecule has 2 aliphatic rings. The van der Waals surface area contributed by atoms with E-state index in [1.54, 1.807) is 45.3 Å². The number of aromatic nitrogens is 4. The van der Waals surface area contributed by atoms with E-state index in [1.165, 1.54) is 119 Å². The lowest BCUT2D eigenvalue weighted by atomic mass is 9.65. The quantitative estimate of drug-likeness (QED) is 0.167. The van der Waals surface area contributed by atoms with Crippen LogP contribution in [0.3, 0.4) is 0 Å². The molecule has 10 heteroatoms. The van der Waals surface area contributed by atoms with Gasteiger partial charge in [-0.25, -0.2) is 19.9 Å². The van der Waals surface area contributed by atoms with E-state index in [0.717, 1.165) is 29.3 Å². The lowest BCUT2D eigenvalue weighted by molar-refractivity contribution is 0.759. The van der Waals surface area contributed by atoms with Gasteiger partial charge in [0.25, 0.3) is 0 Å². The smallest absolute Gasteiger partial charge is 0.155 e. The zero-order chi connectivity index (χ0) is 46.6. The molecule has 0 aliphatic heterocycles. The van der Waals surface area contributed by atoms with Crippen molar-refractivity contribution in [2.75, 3.05) is 0 Å². The van der Waals surface area contributed by atoms with Gasteiger partial charge in [0.05, 0.1) is 31.6 Å². The largest absolute Gasteiger partial charge is 0.232 e. The zero-order valence-corrected chi connectivity index (χ0v) is 43.1. The van der Waals surface area contributed by atoms with Crippen LogP contribution >= 0.6 is 68.0 Å². The second kappa shape index (κ2) is 15.0. The van der Waals surface area contributed by atoms with Gasteiger partial charge in [-0.3, -0.25) is 0 Å². The topological polar surface area (TPSA) is 51.6 Å². The molecule has 0 radical (unpaired) electrons. The molecule has 15 rings (SSSR count). The molecule has 6 aromatic heterocycles. The Hall–Kier alpha value is -6.50. The first-order valence-corrected chi connectivity index (χ1v) is 28.3. The first kappa shape index (κ1) is 41.3. The standard InChI is InChI=1S/C60H38N4S6/c1-31-5-13-37(14-6-31)59(38-15-7-32(2)8-16-38)45-25-44-42-22-36-24-52(54-64-58-56(70-54)62-30-66-58)68-50(36)28-48(42)60(39-17-9-33(3)10-18-39,40-19-11-34(4)12-20-40)46(44)26-43(45)41-21-35-23-51(67-49(35)27-47(41)59)53-63-57-55(69-53)61-29-65-57/h5-30H,1-4H3. The van der Waals surface area contributed by atoms with Gasteiger partial charge < -0.3 is 0 Å². The van der Waals surface area contributed by atoms with E-state index in [2.05, 4.69) is 183 Å². The Balaban J connectivity index is 1.07. The summed E-state index contributed by atoms with van der Waals surface area (Å²) >= 11 is 10.3. The molecule has 0 spiro atoms. The van der Waals surface area contributed by atoms with Crippen molar-refractivity contribution in [3.63, 3.8) is 0 Å². The molecule has 334 valence electrons. The van der Waals surface area contributed by atoms with Crippen LogP contribution in [0.15, 0.2) is 157 Å². The number of hydrogen-bond donors (Lipinski definition) is 0. The predicted molar refractivity (Wildman–Crippen MR) is 299 cm³/mol. The van der Waals surface area contributed by atoms with E-state index in [9.17, 15) is 0 Å². The van der Waals surface area contributed by atoms with Gasteiger partial charge in [-0.2, -0.15) is 0 Å². The van der Waals surface area contributed by atoms with Gasteiger partial charge in [-0.15, -0.1) is 45.3 Å². The van der Waals surface area contributed by atoms with E-state index in [0.29, 0.717) is 0 Å². The highest BCUT2D eigenvalue weighted by molar-refractivity contribution is 7.31. The highest BCUT2D eigenvalue weighted by atomic mass is 32.1. The summed E-state index contributed by atoms with van der Waals surface area (Å²) in [6.45, 7) is 8.77. The molecule has 4 nitrogen and oxygen atoms in total. The molecule has 0 N–H and O–H groups in total. The fourth-order valence-electron chi connectivity index (χ4n) is 11.6. The van der Waals surface area contributed by atoms with E-state index in [-0.39, 0.29) is 0 Å². The van der Waals surface area contributed by atoms with Crippen molar-refractivity contribution >= 4 is 108 Å². The molecule has 6 heterocycles. The molecule has 7 aromatic carbocycles. The van der Waals surface area contributed by atoms with E-state index in [1.807, 2.05) is 33.7 Å². The fourth-order valence-corrected chi connectivity index (χ4v) is 17.3. The molecular formula is C60H38N4S6. The summed E-state index contributed by atoms with van der Waals surface area (Å²) in [5.74, 6) is 0. The van der Waals surface area contributed by atoms with Gasteiger partial charge in [0.1, 0.15) is 10.0 Å². The van der Waals surface area contributed by atoms with Crippen molar-refractivity contribution in [1.29, 1.82) is 0 Å². The van der Waals surface area contributed by atoms with Crippen LogP contribution in [0.2, 0.25) is 0 Å². The Morgan fingerprint density at radius 2 is 0.671 bits per heavy atom. The zero-order valence-electron chi connectivity index (χ0n) is 38.2. The Morgan fingerprint density at radius 3 is 1.01 bits per heavy atom. The highest BCUT2D eigenvalue weighted by Gasteiger charge is 2.52. The number of benzene rings is 7. The number of thiophene rings is 2. The van der Waals surface area contributed by atoms with Gasteiger partial charge in [-0.05, 0) is 154 Å². The van der Waals surface area contributed by atoms with Crippen molar-refractivity contribution < 1.29 is 0 Å². The Labute approximate surface area is 428 Å². The maximum atomic E-state index is 5.06. The van der Waals surface area contributed by atoms with Gasteiger partial charge in [0, 0.05) is 9.40 Å². The van der Waals surface area contributed by atoms with Crippen molar-refractivity contribution in [2.24, 2.45) is 0 Å². The Bertz CT molecular complexity index is 3850. The molecule has 2 aliphatic carbocycles. The van der Waals surface area contributed by atoms with E-state index < -0.39 is 10.8 Å². The van der Waals surface area contributed by atoms with Gasteiger partial charge in [0.15, 0.2) is 19.3 Å². The van der Waals surface area contributed by atoms with Crippen LogP contribution < -0.4 is 0 Å². The molecule has 0 amide bonds. The third kappa shape index (κ3) is 5.77. The summed E-state index contributed by atoms with van der Waals surface area (Å²) in [5.41, 5.74) is 23.0. The van der Waals surface area contributed by atoms with Gasteiger partial charge in [-0.1, -0.05) is 142 Å². The minimum atomic E-state index is -0.613. The minimum Gasteiger partial charge on any atom is -0.232 e. The van der Waals surface area contributed by atoms with Crippen LogP contribution in [0, 0.1) is 27.7 Å². The number of hydrogen-bond acceptors (Lipinski definition) is 10. The van der Waals surface area contributed by atoms with Crippen LogP contribution in [0.5, 0.6) is 0 Å². The first-order chi connectivity index (χ1) is 34.2. The lowest BCUT2D eigenvalue weighted by Gasteiger charge is -2.36. The van der Waals surface area contributed by atoms with Crippen molar-refractivity contribution in [3.05, 3.63) is 223 Å². The summed E-state index contributed by atoms with van der Waals surface area (Å²) in [5, 5.41) is 4.54. The van der Waals surface area contributed by atoms with E-state index >= 15 is 0 Å². The number of rotatable bonds is 6. The lowest BCUT2D eigenvalue weighted by Crippen LogP contribution is -2.30. The van der Waals surface area contributed by atoms with Crippen LogP contribution in [0.1, 0.15) is 66.8 Å². The molecule has 0 saturated heterocycles. The van der Waals surface area contributed by atoms with Crippen LogP contribution in [-0.2, 0) is 10.8 Å². The van der Waals surface area contributed by atoms with E-state index in [4.69, 9.17) is 9.97 Å². The third-order valence-electron chi connectivity index (χ3n) is 14.9. The molecule has 0 fully saturated rings. The number of fused-ring (bicyclic) bond motifs is 10. The van der Waals surface area contributed by atoms with Gasteiger partial charge >= 0.3 is 0 Å². The maximum absolute atomic E-state index is 5.06. The molecule has 0 atom stereocenters. The molecule has 70 heavy (non-hydrogen) atoms. The Kier molecular flexibility index (Phi) is 8.85. The summed E-state index contributed by atoms with van der Waals surface area (Å²) in [4.78, 5) is 25.7. The summed E-state index contributed by atoms with van der Waals surface area (Å²) < 4.78 is 2.52. The average molecular weight is 1010 g/mol. The first-order valence-electron chi connectivity index (χ1n) is 23.3. The monoisotopic (exact) mass is 1010 g/mol. The average Bonchev–Trinajstić information content (AvgIpc) is 4.24. The summed E-state index contributed by atoms with van der Waals surface area (Å²) in [7, 11) is 0. The maximum Gasteiger partial charge on any atom is 0.155 e. The highest BCUT2D eigenvalue weighted by Crippen LogP contribution is 2.64. The number of thiazole rings is 4. The second-order valence-electron chi connectivity index (χ2n) is 19.0. The second-order valence-corrected chi connectivity index (χ2v) is 24.8. The predicted octanol–water partition coefficient (Wildman–Crippen LogP) is 17.5. The fraction of sp³-hybridized carbons (Fsp3) is 0.100. The molecule has 0 bridgehead atoms. The van der Waals surface area contributed by atoms with Crippen molar-refractivity contribution in [2.45, 2.75) is 38.5 Å². The normalized spacial score (nSPS) is 14.2. The van der Waals surface area contributed by atoms with Crippen LogP contribution in [-0.4, -0.2) is 19.9 Å².